The van der Waals surface area contributed by atoms with Gasteiger partial charge in [-0.15, -0.1) is 0 Å². The molecule has 2 aromatic rings. The van der Waals surface area contributed by atoms with E-state index in [1.807, 2.05) is 19.9 Å². The Balaban J connectivity index is 1.92. The fourth-order valence-corrected chi connectivity index (χ4v) is 4.27. The van der Waals surface area contributed by atoms with Crippen molar-refractivity contribution < 1.29 is 22.3 Å². The van der Waals surface area contributed by atoms with Crippen molar-refractivity contribution in [2.45, 2.75) is 31.6 Å². The Hall–Kier alpha value is -2.61. The van der Waals surface area contributed by atoms with Gasteiger partial charge in [-0.1, -0.05) is 19.9 Å². The Morgan fingerprint density at radius 2 is 1.96 bits per heavy atom. The number of benzene rings is 2. The fraction of sp³-hybridized carbons (Fsp3) is 0.350. The van der Waals surface area contributed by atoms with Crippen LogP contribution in [0, 0.1) is 11.7 Å². The Morgan fingerprint density at radius 1 is 1.21 bits per heavy atom. The Morgan fingerprint density at radius 3 is 2.61 bits per heavy atom. The molecule has 0 unspecified atom stereocenters. The number of sulfonamides is 1. The van der Waals surface area contributed by atoms with Crippen LogP contribution in [0.1, 0.15) is 25.8 Å². The molecule has 28 heavy (non-hydrogen) atoms. The summed E-state index contributed by atoms with van der Waals surface area (Å²) in [5.74, 6) is -0.952. The minimum Gasteiger partial charge on any atom is -0.494 e. The summed E-state index contributed by atoms with van der Waals surface area (Å²) < 4.78 is 46.5. The molecular weight excluding hydrogens is 383 g/mol. The number of anilines is 2. The average Bonchev–Trinajstić information content (AvgIpc) is 2.66. The van der Waals surface area contributed by atoms with E-state index in [0.29, 0.717) is 17.9 Å². The predicted molar refractivity (Wildman–Crippen MR) is 106 cm³/mol. The van der Waals surface area contributed by atoms with Gasteiger partial charge in [-0.3, -0.25) is 9.52 Å². The molecule has 1 aliphatic heterocycles. The quantitative estimate of drug-likeness (QED) is 0.824. The van der Waals surface area contributed by atoms with E-state index in [4.69, 9.17) is 4.74 Å². The van der Waals surface area contributed by atoms with Crippen molar-refractivity contribution in [1.29, 1.82) is 0 Å². The Kier molecular flexibility index (Phi) is 5.60. The first-order valence-corrected chi connectivity index (χ1v) is 10.5. The highest BCUT2D eigenvalue weighted by Gasteiger charge is 2.25. The lowest BCUT2D eigenvalue weighted by atomic mass is 9.99. The molecule has 0 radical (unpaired) electrons. The molecule has 2 aromatic carbocycles. The van der Waals surface area contributed by atoms with Gasteiger partial charge in [-0.25, -0.2) is 12.8 Å². The van der Waals surface area contributed by atoms with Gasteiger partial charge in [0.05, 0.1) is 17.7 Å². The average molecular weight is 406 g/mol. The van der Waals surface area contributed by atoms with E-state index in [-0.39, 0.29) is 22.5 Å². The Bertz CT molecular complexity index is 1010. The molecule has 0 fully saturated rings. The van der Waals surface area contributed by atoms with E-state index in [9.17, 15) is 17.6 Å². The molecule has 150 valence electrons. The maximum atomic E-state index is 13.9. The molecule has 0 saturated heterocycles. The molecular formula is C20H23FN2O4S. The number of amides is 1. The Labute approximate surface area is 164 Å². The topological polar surface area (TPSA) is 75.7 Å². The molecule has 0 saturated carbocycles. The predicted octanol–water partition coefficient (Wildman–Crippen LogP) is 3.57. The number of rotatable bonds is 5. The number of methoxy groups -OCH3 is 1. The second kappa shape index (κ2) is 7.79. The third-order valence-corrected chi connectivity index (χ3v) is 6.03. The van der Waals surface area contributed by atoms with Crippen LogP contribution in [0.15, 0.2) is 41.3 Å². The van der Waals surface area contributed by atoms with E-state index < -0.39 is 15.8 Å². The summed E-state index contributed by atoms with van der Waals surface area (Å²) in [5.41, 5.74) is 2.03. The fourth-order valence-electron chi connectivity index (χ4n) is 3.21. The van der Waals surface area contributed by atoms with Crippen LogP contribution in [0.3, 0.4) is 0 Å². The molecule has 8 heteroatoms. The van der Waals surface area contributed by atoms with Crippen LogP contribution >= 0.6 is 0 Å². The van der Waals surface area contributed by atoms with Gasteiger partial charge in [-0.05, 0) is 48.7 Å². The number of fused-ring (bicyclic) bond motifs is 1. The molecule has 1 N–H and O–H groups in total. The third-order valence-electron chi connectivity index (χ3n) is 4.65. The minimum atomic E-state index is -3.99. The summed E-state index contributed by atoms with van der Waals surface area (Å²) in [4.78, 5) is 14.0. The number of aryl methyl sites for hydroxylation is 1. The molecule has 0 spiro atoms. The van der Waals surface area contributed by atoms with Crippen LogP contribution in [0.25, 0.3) is 0 Å². The van der Waals surface area contributed by atoms with E-state index in [2.05, 4.69) is 4.72 Å². The first-order chi connectivity index (χ1) is 13.2. The van der Waals surface area contributed by atoms with Crippen LogP contribution in [-0.2, 0) is 21.2 Å². The van der Waals surface area contributed by atoms with Crippen molar-refractivity contribution in [1.82, 2.24) is 0 Å². The number of carbonyl (C=O) groups excluding carboxylic acids is 1. The zero-order valence-electron chi connectivity index (χ0n) is 16.0. The summed E-state index contributed by atoms with van der Waals surface area (Å²) in [5, 5.41) is 0. The van der Waals surface area contributed by atoms with Crippen molar-refractivity contribution in [2.24, 2.45) is 5.92 Å². The monoisotopic (exact) mass is 406 g/mol. The smallest absolute Gasteiger partial charge is 0.262 e. The molecule has 6 nitrogen and oxygen atoms in total. The summed E-state index contributed by atoms with van der Waals surface area (Å²) in [7, 11) is -2.68. The highest BCUT2D eigenvalue weighted by Crippen LogP contribution is 2.32. The molecule has 3 rings (SSSR count). The molecule has 0 atom stereocenters. The number of hydrogen-bond acceptors (Lipinski definition) is 4. The molecule has 1 heterocycles. The highest BCUT2D eigenvalue weighted by molar-refractivity contribution is 7.92. The number of ether oxygens (including phenoxy) is 1. The van der Waals surface area contributed by atoms with Crippen molar-refractivity contribution in [3.63, 3.8) is 0 Å². The lowest BCUT2D eigenvalue weighted by Crippen LogP contribution is -2.38. The summed E-state index contributed by atoms with van der Waals surface area (Å²) in [6.07, 6.45) is 1.69. The summed E-state index contributed by atoms with van der Waals surface area (Å²) in [6.45, 7) is 4.27. The molecule has 1 amide bonds. The third kappa shape index (κ3) is 3.96. The summed E-state index contributed by atoms with van der Waals surface area (Å²) in [6, 6.07) is 8.58. The first kappa shape index (κ1) is 20.1. The number of carbonyl (C=O) groups is 1. The van der Waals surface area contributed by atoms with Crippen LogP contribution in [0.4, 0.5) is 15.8 Å². The van der Waals surface area contributed by atoms with Gasteiger partial charge >= 0.3 is 0 Å². The van der Waals surface area contributed by atoms with Gasteiger partial charge in [0.15, 0.2) is 11.6 Å². The zero-order chi connectivity index (χ0) is 20.5. The van der Waals surface area contributed by atoms with E-state index >= 15 is 0 Å². The van der Waals surface area contributed by atoms with Crippen LogP contribution in [-0.4, -0.2) is 28.0 Å². The van der Waals surface area contributed by atoms with Crippen LogP contribution in [0.5, 0.6) is 5.75 Å². The van der Waals surface area contributed by atoms with Crippen molar-refractivity contribution >= 4 is 27.3 Å². The van der Waals surface area contributed by atoms with E-state index in [1.54, 1.807) is 17.0 Å². The zero-order valence-corrected chi connectivity index (χ0v) is 16.8. The first-order valence-electron chi connectivity index (χ1n) is 9.03. The van der Waals surface area contributed by atoms with Gasteiger partial charge in [0, 0.05) is 18.2 Å². The molecule has 0 aliphatic carbocycles. The normalized spacial score (nSPS) is 14.0. The molecule has 0 bridgehead atoms. The molecule has 0 aromatic heterocycles. The SMILES string of the molecule is COc1ccc(S(=O)(=O)Nc2ccc3c(c2)N(C(=O)C(C)C)CCC3)cc1F. The van der Waals surface area contributed by atoms with Gasteiger partial charge in [0.2, 0.25) is 5.91 Å². The van der Waals surface area contributed by atoms with Gasteiger partial charge in [-0.2, -0.15) is 0 Å². The lowest BCUT2D eigenvalue weighted by molar-refractivity contribution is -0.121. The van der Waals surface area contributed by atoms with Crippen molar-refractivity contribution in [2.75, 3.05) is 23.3 Å². The van der Waals surface area contributed by atoms with E-state index in [1.165, 1.54) is 19.2 Å². The van der Waals surface area contributed by atoms with Crippen LogP contribution < -0.4 is 14.4 Å². The van der Waals surface area contributed by atoms with Crippen molar-refractivity contribution in [3.05, 3.63) is 47.8 Å². The number of halogens is 1. The largest absolute Gasteiger partial charge is 0.494 e. The summed E-state index contributed by atoms with van der Waals surface area (Å²) >= 11 is 0. The molecule has 1 aliphatic rings. The van der Waals surface area contributed by atoms with E-state index in [0.717, 1.165) is 24.5 Å². The lowest BCUT2D eigenvalue weighted by Gasteiger charge is -2.31. The number of nitrogens with zero attached hydrogens (tertiary/aromatic N) is 1. The second-order valence-electron chi connectivity index (χ2n) is 6.99. The van der Waals surface area contributed by atoms with Gasteiger partial charge < -0.3 is 9.64 Å². The number of hydrogen-bond donors (Lipinski definition) is 1. The van der Waals surface area contributed by atoms with Crippen molar-refractivity contribution in [3.8, 4) is 5.75 Å². The maximum absolute atomic E-state index is 13.9. The highest BCUT2D eigenvalue weighted by atomic mass is 32.2. The minimum absolute atomic E-state index is 0.00168. The second-order valence-corrected chi connectivity index (χ2v) is 8.68. The standard InChI is InChI=1S/C20H23FN2O4S/c1-13(2)20(24)23-10-4-5-14-6-7-15(11-18(14)23)22-28(25,26)16-8-9-19(27-3)17(21)12-16/h6-9,11-13,22H,4-5,10H2,1-3H3. The van der Waals surface area contributed by atoms with Gasteiger partial charge in [0.1, 0.15) is 0 Å². The maximum Gasteiger partial charge on any atom is 0.262 e. The van der Waals surface area contributed by atoms with Gasteiger partial charge in [0.25, 0.3) is 10.0 Å². The number of nitrogens with one attached hydrogen (secondary N) is 1. The van der Waals surface area contributed by atoms with Crippen LogP contribution in [0.2, 0.25) is 0 Å².